The first kappa shape index (κ1) is 23.3. The Labute approximate surface area is 184 Å². The standard InChI is InChI=1S/C22H31N5O3S/c1-4-26(5-2)31(29,30)27-14-10-9-13-20(27)21-19(16-23-17(3)25-21)22(28)24-15-18-11-7-6-8-12-18/h6-8,11-12,16,20H,4-5,9-10,13-15H2,1-3H3,(H,24,28)/t20-/m0/s1. The van der Waals surface area contributed by atoms with E-state index >= 15 is 0 Å². The van der Waals surface area contributed by atoms with E-state index in [0.29, 0.717) is 49.7 Å². The number of benzene rings is 1. The van der Waals surface area contributed by atoms with Gasteiger partial charge in [-0.25, -0.2) is 9.97 Å². The second-order valence-corrected chi connectivity index (χ2v) is 9.48. The lowest BCUT2D eigenvalue weighted by molar-refractivity contribution is 0.0945. The molecule has 1 saturated heterocycles. The van der Waals surface area contributed by atoms with Crippen LogP contribution in [0.15, 0.2) is 36.5 Å². The molecule has 8 nitrogen and oxygen atoms in total. The van der Waals surface area contributed by atoms with E-state index in [1.807, 2.05) is 44.2 Å². The van der Waals surface area contributed by atoms with E-state index in [0.717, 1.165) is 18.4 Å². The van der Waals surface area contributed by atoms with E-state index in [1.54, 1.807) is 6.92 Å². The molecule has 1 aliphatic heterocycles. The summed E-state index contributed by atoms with van der Waals surface area (Å²) in [5.74, 6) is 0.213. The van der Waals surface area contributed by atoms with Crippen molar-refractivity contribution in [2.24, 2.45) is 0 Å². The molecule has 0 spiro atoms. The highest BCUT2D eigenvalue weighted by Gasteiger charge is 2.38. The Morgan fingerprint density at radius 1 is 1.19 bits per heavy atom. The summed E-state index contributed by atoms with van der Waals surface area (Å²) >= 11 is 0. The van der Waals surface area contributed by atoms with Gasteiger partial charge in [0.2, 0.25) is 0 Å². The van der Waals surface area contributed by atoms with Crippen molar-refractivity contribution in [1.82, 2.24) is 23.9 Å². The number of hydrogen-bond donors (Lipinski definition) is 1. The van der Waals surface area contributed by atoms with Gasteiger partial charge in [0.05, 0.1) is 17.3 Å². The van der Waals surface area contributed by atoms with Crippen LogP contribution >= 0.6 is 0 Å². The lowest BCUT2D eigenvalue weighted by atomic mass is 9.98. The molecule has 1 aromatic heterocycles. The number of aryl methyl sites for hydroxylation is 1. The summed E-state index contributed by atoms with van der Waals surface area (Å²) in [5, 5.41) is 2.92. The van der Waals surface area contributed by atoms with Gasteiger partial charge < -0.3 is 5.32 Å². The lowest BCUT2D eigenvalue weighted by Gasteiger charge is -2.37. The molecule has 1 fully saturated rings. The summed E-state index contributed by atoms with van der Waals surface area (Å²) in [5.41, 5.74) is 1.79. The van der Waals surface area contributed by atoms with Gasteiger partial charge in [-0.1, -0.05) is 50.6 Å². The molecule has 31 heavy (non-hydrogen) atoms. The topological polar surface area (TPSA) is 95.5 Å². The normalized spacial score (nSPS) is 17.6. The Morgan fingerprint density at radius 2 is 1.90 bits per heavy atom. The summed E-state index contributed by atoms with van der Waals surface area (Å²) < 4.78 is 29.6. The van der Waals surface area contributed by atoms with Crippen molar-refractivity contribution >= 4 is 16.1 Å². The van der Waals surface area contributed by atoms with Crippen LogP contribution in [0.1, 0.15) is 66.6 Å². The van der Waals surface area contributed by atoms with Gasteiger partial charge in [-0.05, 0) is 25.3 Å². The summed E-state index contributed by atoms with van der Waals surface area (Å²) in [4.78, 5) is 21.8. The molecule has 3 rings (SSSR count). The summed E-state index contributed by atoms with van der Waals surface area (Å²) in [6.45, 7) is 7.00. The molecule has 1 N–H and O–H groups in total. The van der Waals surface area contributed by atoms with E-state index in [9.17, 15) is 13.2 Å². The van der Waals surface area contributed by atoms with Gasteiger partial charge in [0, 0.05) is 32.4 Å². The van der Waals surface area contributed by atoms with Crippen molar-refractivity contribution in [3.05, 3.63) is 59.2 Å². The van der Waals surface area contributed by atoms with Crippen molar-refractivity contribution in [3.63, 3.8) is 0 Å². The summed E-state index contributed by atoms with van der Waals surface area (Å²) in [7, 11) is -3.66. The first-order valence-corrected chi connectivity index (χ1v) is 12.2. The van der Waals surface area contributed by atoms with E-state index in [1.165, 1.54) is 14.8 Å². The number of rotatable bonds is 8. The van der Waals surface area contributed by atoms with E-state index in [2.05, 4.69) is 15.3 Å². The highest BCUT2D eigenvalue weighted by atomic mass is 32.2. The van der Waals surface area contributed by atoms with Crippen LogP contribution in [0.3, 0.4) is 0 Å². The lowest BCUT2D eigenvalue weighted by Crippen LogP contribution is -2.47. The first-order valence-electron chi connectivity index (χ1n) is 10.8. The number of amides is 1. The second kappa shape index (κ2) is 10.3. The molecular formula is C22H31N5O3S. The monoisotopic (exact) mass is 445 g/mol. The maximum absolute atomic E-state index is 13.3. The Balaban J connectivity index is 1.93. The third-order valence-electron chi connectivity index (χ3n) is 5.58. The van der Waals surface area contributed by atoms with Crippen LogP contribution in [0.4, 0.5) is 0 Å². The molecule has 0 bridgehead atoms. The maximum atomic E-state index is 13.3. The summed E-state index contributed by atoms with van der Waals surface area (Å²) in [6.07, 6.45) is 3.80. The minimum atomic E-state index is -3.66. The zero-order chi connectivity index (χ0) is 22.4. The van der Waals surface area contributed by atoms with E-state index in [4.69, 9.17) is 0 Å². The fraction of sp³-hybridized carbons (Fsp3) is 0.500. The highest BCUT2D eigenvalue weighted by molar-refractivity contribution is 7.86. The Kier molecular flexibility index (Phi) is 7.74. The molecule has 9 heteroatoms. The molecule has 1 amide bonds. The van der Waals surface area contributed by atoms with Crippen molar-refractivity contribution < 1.29 is 13.2 Å². The van der Waals surface area contributed by atoms with Crippen LogP contribution in [0.5, 0.6) is 0 Å². The third kappa shape index (κ3) is 5.28. The zero-order valence-electron chi connectivity index (χ0n) is 18.4. The van der Waals surface area contributed by atoms with Crippen molar-refractivity contribution in [2.75, 3.05) is 19.6 Å². The number of carbonyl (C=O) groups excluding carboxylic acids is 1. The Hall–Kier alpha value is -2.36. The van der Waals surface area contributed by atoms with Crippen LogP contribution in [-0.2, 0) is 16.8 Å². The van der Waals surface area contributed by atoms with E-state index < -0.39 is 16.3 Å². The van der Waals surface area contributed by atoms with Gasteiger partial charge in [0.1, 0.15) is 5.82 Å². The van der Waals surface area contributed by atoms with Gasteiger partial charge in [-0.2, -0.15) is 17.0 Å². The fourth-order valence-corrected chi connectivity index (χ4v) is 5.78. The molecule has 2 heterocycles. The average molecular weight is 446 g/mol. The SMILES string of the molecule is CCN(CC)S(=O)(=O)N1CCCC[C@H]1c1nc(C)ncc1C(=O)NCc1ccccc1. The second-order valence-electron chi connectivity index (χ2n) is 7.60. The minimum Gasteiger partial charge on any atom is -0.348 e. The third-order valence-corrected chi connectivity index (χ3v) is 7.78. The molecule has 0 saturated carbocycles. The fourth-order valence-electron chi connectivity index (χ4n) is 3.94. The number of nitrogens with zero attached hydrogens (tertiary/aromatic N) is 4. The number of carbonyl (C=O) groups is 1. The predicted molar refractivity (Wildman–Crippen MR) is 120 cm³/mol. The zero-order valence-corrected chi connectivity index (χ0v) is 19.2. The van der Waals surface area contributed by atoms with E-state index in [-0.39, 0.29) is 5.91 Å². The molecule has 0 unspecified atom stereocenters. The molecule has 168 valence electrons. The quantitative estimate of drug-likeness (QED) is 0.674. The molecule has 1 aromatic carbocycles. The Bertz CT molecular complexity index is 993. The molecule has 0 aliphatic carbocycles. The smallest absolute Gasteiger partial charge is 0.282 e. The van der Waals surface area contributed by atoms with Crippen LogP contribution in [0.2, 0.25) is 0 Å². The first-order chi connectivity index (χ1) is 14.9. The largest absolute Gasteiger partial charge is 0.348 e. The molecule has 2 aromatic rings. The van der Waals surface area contributed by atoms with Gasteiger partial charge in [0.15, 0.2) is 0 Å². The van der Waals surface area contributed by atoms with Gasteiger partial charge in [-0.3, -0.25) is 4.79 Å². The van der Waals surface area contributed by atoms with Crippen LogP contribution in [0, 0.1) is 6.92 Å². The summed E-state index contributed by atoms with van der Waals surface area (Å²) in [6, 6.07) is 9.14. The predicted octanol–water partition coefficient (Wildman–Crippen LogP) is 2.83. The molecule has 1 atom stereocenters. The molecule has 0 radical (unpaired) electrons. The van der Waals surface area contributed by atoms with Gasteiger partial charge in [0.25, 0.3) is 16.1 Å². The molecule has 1 aliphatic rings. The van der Waals surface area contributed by atoms with Crippen LogP contribution in [0.25, 0.3) is 0 Å². The van der Waals surface area contributed by atoms with Gasteiger partial charge in [-0.15, -0.1) is 0 Å². The van der Waals surface area contributed by atoms with Crippen molar-refractivity contribution in [2.45, 2.75) is 52.6 Å². The maximum Gasteiger partial charge on any atom is 0.282 e. The number of aromatic nitrogens is 2. The Morgan fingerprint density at radius 3 is 2.58 bits per heavy atom. The van der Waals surface area contributed by atoms with Crippen LogP contribution in [-0.4, -0.2) is 52.5 Å². The number of hydrogen-bond acceptors (Lipinski definition) is 5. The van der Waals surface area contributed by atoms with Crippen LogP contribution < -0.4 is 5.32 Å². The number of piperidine rings is 1. The van der Waals surface area contributed by atoms with Gasteiger partial charge >= 0.3 is 0 Å². The molecular weight excluding hydrogens is 414 g/mol. The van der Waals surface area contributed by atoms with Crippen molar-refractivity contribution in [3.8, 4) is 0 Å². The number of nitrogens with one attached hydrogen (secondary N) is 1. The average Bonchev–Trinajstić information content (AvgIpc) is 2.78. The highest BCUT2D eigenvalue weighted by Crippen LogP contribution is 2.34. The minimum absolute atomic E-state index is 0.301. The van der Waals surface area contributed by atoms with Crippen molar-refractivity contribution in [1.29, 1.82) is 0 Å².